The zero-order valence-electron chi connectivity index (χ0n) is 7.51. The van der Waals surface area contributed by atoms with Crippen molar-refractivity contribution in [2.24, 2.45) is 0 Å². The monoisotopic (exact) mass is 154 g/mol. The quantitative estimate of drug-likeness (QED) is 0.602. The Kier molecular flexibility index (Phi) is 1.90. The van der Waals surface area contributed by atoms with Gasteiger partial charge in [0.25, 0.3) is 0 Å². The van der Waals surface area contributed by atoms with Gasteiger partial charge in [0.15, 0.2) is 0 Å². The van der Waals surface area contributed by atoms with E-state index in [2.05, 4.69) is 24.1 Å². The third-order valence-electron chi connectivity index (χ3n) is 3.10. The first kappa shape index (κ1) is 7.56. The van der Waals surface area contributed by atoms with Crippen LogP contribution < -0.4 is 5.32 Å². The van der Waals surface area contributed by atoms with Gasteiger partial charge in [-0.3, -0.25) is 4.90 Å². The van der Waals surface area contributed by atoms with Gasteiger partial charge < -0.3 is 5.32 Å². The van der Waals surface area contributed by atoms with Crippen molar-refractivity contribution in [2.75, 3.05) is 13.1 Å². The molecular weight excluding hydrogens is 136 g/mol. The summed E-state index contributed by atoms with van der Waals surface area (Å²) in [6.45, 7) is 7.15. The molecule has 0 spiro atoms. The second-order valence-corrected chi connectivity index (χ2v) is 4.04. The first-order valence-electron chi connectivity index (χ1n) is 4.78. The molecule has 2 heteroatoms. The fourth-order valence-electron chi connectivity index (χ4n) is 2.54. The summed E-state index contributed by atoms with van der Waals surface area (Å²) in [4.78, 5) is 2.64. The van der Waals surface area contributed by atoms with Crippen LogP contribution in [0.4, 0.5) is 0 Å². The van der Waals surface area contributed by atoms with Crippen LogP contribution in [0.25, 0.3) is 0 Å². The van der Waals surface area contributed by atoms with E-state index in [4.69, 9.17) is 0 Å². The molecule has 2 aliphatic heterocycles. The van der Waals surface area contributed by atoms with Gasteiger partial charge in [0.1, 0.15) is 0 Å². The van der Waals surface area contributed by atoms with Crippen molar-refractivity contribution in [2.45, 2.75) is 44.8 Å². The first-order valence-corrected chi connectivity index (χ1v) is 4.78. The van der Waals surface area contributed by atoms with Crippen molar-refractivity contribution in [3.8, 4) is 0 Å². The minimum absolute atomic E-state index is 0.741. The van der Waals surface area contributed by atoms with Gasteiger partial charge in [-0.1, -0.05) is 0 Å². The molecule has 1 N–H and O–H groups in total. The van der Waals surface area contributed by atoms with E-state index in [1.807, 2.05) is 0 Å². The van der Waals surface area contributed by atoms with Crippen LogP contribution in [0.15, 0.2) is 0 Å². The number of likely N-dealkylation sites (tertiary alicyclic amines) is 1. The minimum Gasteiger partial charge on any atom is -0.312 e. The van der Waals surface area contributed by atoms with E-state index in [1.54, 1.807) is 0 Å². The first-order chi connectivity index (χ1) is 5.29. The Morgan fingerprint density at radius 3 is 2.91 bits per heavy atom. The van der Waals surface area contributed by atoms with Gasteiger partial charge in [0, 0.05) is 24.7 Å². The molecule has 0 amide bonds. The minimum atomic E-state index is 0.741. The molecule has 0 bridgehead atoms. The summed E-state index contributed by atoms with van der Waals surface area (Å²) >= 11 is 0. The van der Waals surface area contributed by atoms with Crippen molar-refractivity contribution in [1.82, 2.24) is 10.2 Å². The van der Waals surface area contributed by atoms with Crippen LogP contribution in [0, 0.1) is 0 Å². The molecule has 64 valence electrons. The summed E-state index contributed by atoms with van der Waals surface area (Å²) in [5.41, 5.74) is 0. The molecule has 11 heavy (non-hydrogen) atoms. The standard InChI is InChI=1S/C9H18N2/c1-7(2)11-6-4-8-9(11)3-5-10-8/h7-10H,3-6H2,1-2H3. The third-order valence-corrected chi connectivity index (χ3v) is 3.10. The van der Waals surface area contributed by atoms with E-state index in [1.165, 1.54) is 25.9 Å². The van der Waals surface area contributed by atoms with Gasteiger partial charge in [0.2, 0.25) is 0 Å². The van der Waals surface area contributed by atoms with Crippen LogP contribution in [-0.4, -0.2) is 36.1 Å². The van der Waals surface area contributed by atoms with Crippen molar-refractivity contribution in [1.29, 1.82) is 0 Å². The molecule has 0 aliphatic carbocycles. The topological polar surface area (TPSA) is 15.3 Å². The second kappa shape index (κ2) is 2.76. The average Bonchev–Trinajstić information content (AvgIpc) is 2.41. The molecule has 2 nitrogen and oxygen atoms in total. The average molecular weight is 154 g/mol. The highest BCUT2D eigenvalue weighted by atomic mass is 15.3. The van der Waals surface area contributed by atoms with Gasteiger partial charge >= 0.3 is 0 Å². The zero-order valence-corrected chi connectivity index (χ0v) is 7.51. The van der Waals surface area contributed by atoms with E-state index < -0.39 is 0 Å². The lowest BCUT2D eigenvalue weighted by Gasteiger charge is -2.26. The summed E-state index contributed by atoms with van der Waals surface area (Å²) in [5, 5.41) is 3.56. The summed E-state index contributed by atoms with van der Waals surface area (Å²) < 4.78 is 0. The molecule has 2 atom stereocenters. The number of rotatable bonds is 1. The summed E-state index contributed by atoms with van der Waals surface area (Å²) in [5.74, 6) is 0. The Labute approximate surface area is 69.0 Å². The fourth-order valence-corrected chi connectivity index (χ4v) is 2.54. The molecule has 2 heterocycles. The fraction of sp³-hybridized carbons (Fsp3) is 1.00. The molecule has 0 aromatic rings. The Morgan fingerprint density at radius 2 is 2.18 bits per heavy atom. The lowest BCUT2D eigenvalue weighted by Crippen LogP contribution is -2.38. The highest BCUT2D eigenvalue weighted by Crippen LogP contribution is 2.26. The Hall–Kier alpha value is -0.0800. The van der Waals surface area contributed by atoms with Crippen LogP contribution in [0.5, 0.6) is 0 Å². The van der Waals surface area contributed by atoms with Gasteiger partial charge in [-0.2, -0.15) is 0 Å². The van der Waals surface area contributed by atoms with Gasteiger partial charge in [0.05, 0.1) is 0 Å². The lowest BCUT2D eigenvalue weighted by atomic mass is 10.1. The molecule has 0 saturated carbocycles. The normalized spacial score (nSPS) is 38.5. The predicted molar refractivity (Wildman–Crippen MR) is 46.7 cm³/mol. The van der Waals surface area contributed by atoms with Crippen molar-refractivity contribution < 1.29 is 0 Å². The molecule has 2 fully saturated rings. The zero-order chi connectivity index (χ0) is 7.84. The Morgan fingerprint density at radius 1 is 1.36 bits per heavy atom. The van der Waals surface area contributed by atoms with Crippen LogP contribution >= 0.6 is 0 Å². The number of hydrogen-bond donors (Lipinski definition) is 1. The van der Waals surface area contributed by atoms with E-state index >= 15 is 0 Å². The summed E-state index contributed by atoms with van der Waals surface area (Å²) in [6, 6.07) is 2.41. The molecule has 0 aromatic carbocycles. The molecular formula is C9H18N2. The SMILES string of the molecule is CC(C)N1CCC2NCCC21. The maximum absolute atomic E-state index is 3.56. The smallest absolute Gasteiger partial charge is 0.0264 e. The molecule has 2 rings (SSSR count). The van der Waals surface area contributed by atoms with Gasteiger partial charge in [-0.05, 0) is 33.2 Å². The van der Waals surface area contributed by atoms with Crippen LogP contribution in [-0.2, 0) is 0 Å². The van der Waals surface area contributed by atoms with Gasteiger partial charge in [-0.15, -0.1) is 0 Å². The van der Waals surface area contributed by atoms with E-state index in [0.717, 1.165) is 18.1 Å². The Bertz CT molecular complexity index is 144. The number of nitrogens with one attached hydrogen (secondary N) is 1. The van der Waals surface area contributed by atoms with E-state index in [0.29, 0.717) is 0 Å². The maximum atomic E-state index is 3.56. The van der Waals surface area contributed by atoms with Crippen LogP contribution in [0.2, 0.25) is 0 Å². The van der Waals surface area contributed by atoms with E-state index in [9.17, 15) is 0 Å². The number of hydrogen-bond acceptors (Lipinski definition) is 2. The summed E-state index contributed by atoms with van der Waals surface area (Å²) in [6.07, 6.45) is 2.73. The third kappa shape index (κ3) is 1.18. The Balaban J connectivity index is 2.03. The van der Waals surface area contributed by atoms with Crippen LogP contribution in [0.3, 0.4) is 0 Å². The molecule has 0 aromatic heterocycles. The second-order valence-electron chi connectivity index (χ2n) is 4.04. The van der Waals surface area contributed by atoms with Crippen molar-refractivity contribution >= 4 is 0 Å². The molecule has 2 aliphatic rings. The number of fused-ring (bicyclic) bond motifs is 1. The highest BCUT2D eigenvalue weighted by Gasteiger charge is 2.37. The summed E-state index contributed by atoms with van der Waals surface area (Å²) in [7, 11) is 0. The van der Waals surface area contributed by atoms with Crippen molar-refractivity contribution in [3.63, 3.8) is 0 Å². The van der Waals surface area contributed by atoms with Crippen molar-refractivity contribution in [3.05, 3.63) is 0 Å². The molecule has 2 unspecified atom stereocenters. The molecule has 0 radical (unpaired) electrons. The lowest BCUT2D eigenvalue weighted by molar-refractivity contribution is 0.203. The highest BCUT2D eigenvalue weighted by molar-refractivity contribution is 4.97. The largest absolute Gasteiger partial charge is 0.312 e. The van der Waals surface area contributed by atoms with Crippen LogP contribution in [0.1, 0.15) is 26.7 Å². The van der Waals surface area contributed by atoms with Gasteiger partial charge in [-0.25, -0.2) is 0 Å². The molecule has 2 saturated heterocycles. The number of nitrogens with zero attached hydrogens (tertiary/aromatic N) is 1. The van der Waals surface area contributed by atoms with E-state index in [-0.39, 0.29) is 0 Å². The maximum Gasteiger partial charge on any atom is 0.0264 e. The predicted octanol–water partition coefficient (Wildman–Crippen LogP) is 0.831.